The summed E-state index contributed by atoms with van der Waals surface area (Å²) < 4.78 is 18.2. The number of pyridine rings is 1. The monoisotopic (exact) mass is 311 g/mol. The molecule has 0 saturated heterocycles. The summed E-state index contributed by atoms with van der Waals surface area (Å²) in [7, 11) is 0. The molecule has 116 valence electrons. The molecule has 0 radical (unpaired) electrons. The zero-order chi connectivity index (χ0) is 16.2. The number of hydrogen-bond acceptors (Lipinski definition) is 4. The summed E-state index contributed by atoms with van der Waals surface area (Å²) in [6.45, 7) is 2.11. The van der Waals surface area contributed by atoms with E-state index in [1.165, 1.54) is 24.5 Å². The molecule has 3 aromatic rings. The highest BCUT2D eigenvalue weighted by Gasteiger charge is 2.13. The van der Waals surface area contributed by atoms with Gasteiger partial charge < -0.3 is 9.84 Å². The Balaban J connectivity index is 1.72. The van der Waals surface area contributed by atoms with Gasteiger partial charge in [-0.3, -0.25) is 9.78 Å². The molecule has 1 aromatic carbocycles. The lowest BCUT2D eigenvalue weighted by atomic mass is 10.1. The fourth-order valence-corrected chi connectivity index (χ4v) is 2.10. The summed E-state index contributed by atoms with van der Waals surface area (Å²) in [5, 5.41) is 6.54. The Morgan fingerprint density at radius 3 is 2.65 bits per heavy atom. The average Bonchev–Trinajstić information content (AvgIpc) is 3.02. The van der Waals surface area contributed by atoms with Gasteiger partial charge in [-0.25, -0.2) is 4.39 Å². The molecule has 6 heteroatoms. The van der Waals surface area contributed by atoms with Crippen molar-refractivity contribution < 1.29 is 13.7 Å². The first-order chi connectivity index (χ1) is 11.1. The van der Waals surface area contributed by atoms with Gasteiger partial charge in [0.05, 0.1) is 11.8 Å². The van der Waals surface area contributed by atoms with Crippen LogP contribution in [0.3, 0.4) is 0 Å². The summed E-state index contributed by atoms with van der Waals surface area (Å²) in [5.74, 6) is -0.0499. The Kier molecular flexibility index (Phi) is 4.14. The third-order valence-electron chi connectivity index (χ3n) is 3.36. The molecule has 2 heterocycles. The molecule has 0 saturated carbocycles. The van der Waals surface area contributed by atoms with Crippen molar-refractivity contribution in [2.24, 2.45) is 0 Å². The van der Waals surface area contributed by atoms with Crippen molar-refractivity contribution in [2.75, 3.05) is 0 Å². The van der Waals surface area contributed by atoms with E-state index >= 15 is 0 Å². The van der Waals surface area contributed by atoms with Gasteiger partial charge in [0.15, 0.2) is 5.76 Å². The highest BCUT2D eigenvalue weighted by molar-refractivity contribution is 5.93. The number of nitrogens with zero attached hydrogens (tertiary/aromatic N) is 2. The molecule has 0 aliphatic heterocycles. The standard InChI is InChI=1S/C17H14FN3O2/c1-11-2-3-13(8-19-11)17(22)20-9-14-10-21-23-16(14)12-4-6-15(18)7-5-12/h2-8,10H,9H2,1H3,(H,20,22). The molecule has 23 heavy (non-hydrogen) atoms. The van der Waals surface area contributed by atoms with Gasteiger partial charge in [0.1, 0.15) is 5.82 Å². The van der Waals surface area contributed by atoms with Gasteiger partial charge in [-0.1, -0.05) is 5.16 Å². The van der Waals surface area contributed by atoms with Crippen LogP contribution in [0.4, 0.5) is 4.39 Å². The number of benzene rings is 1. The molecular weight excluding hydrogens is 297 g/mol. The zero-order valence-corrected chi connectivity index (χ0v) is 12.4. The molecule has 1 N–H and O–H groups in total. The van der Waals surface area contributed by atoms with Crippen LogP contribution in [0.15, 0.2) is 53.3 Å². The van der Waals surface area contributed by atoms with E-state index in [0.29, 0.717) is 22.5 Å². The minimum atomic E-state index is -0.324. The van der Waals surface area contributed by atoms with Crippen LogP contribution in [0.5, 0.6) is 0 Å². The fraction of sp³-hybridized carbons (Fsp3) is 0.118. The molecule has 3 rings (SSSR count). The number of aryl methyl sites for hydroxylation is 1. The van der Waals surface area contributed by atoms with Gasteiger partial charge in [0, 0.05) is 29.6 Å². The van der Waals surface area contributed by atoms with Crippen LogP contribution in [0, 0.1) is 12.7 Å². The number of hydrogen-bond donors (Lipinski definition) is 1. The highest BCUT2D eigenvalue weighted by Crippen LogP contribution is 2.23. The van der Waals surface area contributed by atoms with Crippen LogP contribution in [0.1, 0.15) is 21.6 Å². The second kappa shape index (κ2) is 6.39. The minimum absolute atomic E-state index is 0.233. The normalized spacial score (nSPS) is 10.5. The summed E-state index contributed by atoms with van der Waals surface area (Å²) >= 11 is 0. The Labute approximate surface area is 132 Å². The second-order valence-corrected chi connectivity index (χ2v) is 5.06. The van der Waals surface area contributed by atoms with Gasteiger partial charge in [0.2, 0.25) is 0 Å². The number of rotatable bonds is 4. The van der Waals surface area contributed by atoms with Crippen LogP contribution in [0.2, 0.25) is 0 Å². The maximum Gasteiger partial charge on any atom is 0.253 e. The van der Waals surface area contributed by atoms with Crippen molar-refractivity contribution in [2.45, 2.75) is 13.5 Å². The van der Waals surface area contributed by atoms with E-state index in [0.717, 1.165) is 5.69 Å². The van der Waals surface area contributed by atoms with Crippen molar-refractivity contribution in [1.29, 1.82) is 0 Å². The van der Waals surface area contributed by atoms with E-state index in [4.69, 9.17) is 4.52 Å². The molecular formula is C17H14FN3O2. The van der Waals surface area contributed by atoms with E-state index in [1.54, 1.807) is 24.3 Å². The number of aromatic nitrogens is 2. The lowest BCUT2D eigenvalue weighted by molar-refractivity contribution is 0.0950. The lowest BCUT2D eigenvalue weighted by Crippen LogP contribution is -2.23. The molecule has 1 amide bonds. The van der Waals surface area contributed by atoms with E-state index in [-0.39, 0.29) is 18.3 Å². The van der Waals surface area contributed by atoms with Crippen molar-refractivity contribution >= 4 is 5.91 Å². The molecule has 0 unspecified atom stereocenters. The summed E-state index contributed by atoms with van der Waals surface area (Å²) in [6, 6.07) is 9.39. The second-order valence-electron chi connectivity index (χ2n) is 5.06. The third-order valence-corrected chi connectivity index (χ3v) is 3.36. The number of carbonyl (C=O) groups is 1. The molecule has 2 aromatic heterocycles. The quantitative estimate of drug-likeness (QED) is 0.804. The van der Waals surface area contributed by atoms with Crippen molar-refractivity contribution in [3.63, 3.8) is 0 Å². The molecule has 0 bridgehead atoms. The van der Waals surface area contributed by atoms with Crippen LogP contribution in [0.25, 0.3) is 11.3 Å². The smallest absolute Gasteiger partial charge is 0.253 e. The Bertz CT molecular complexity index is 811. The maximum atomic E-state index is 13.0. The van der Waals surface area contributed by atoms with Crippen molar-refractivity contribution in [3.05, 3.63) is 71.4 Å². The summed E-state index contributed by atoms with van der Waals surface area (Å²) in [4.78, 5) is 16.2. The first-order valence-corrected chi connectivity index (χ1v) is 7.04. The van der Waals surface area contributed by atoms with Gasteiger partial charge in [-0.05, 0) is 43.3 Å². The van der Waals surface area contributed by atoms with E-state index < -0.39 is 0 Å². The van der Waals surface area contributed by atoms with Crippen LogP contribution >= 0.6 is 0 Å². The van der Waals surface area contributed by atoms with Crippen LogP contribution in [-0.2, 0) is 6.54 Å². The fourth-order valence-electron chi connectivity index (χ4n) is 2.10. The lowest BCUT2D eigenvalue weighted by Gasteiger charge is -2.05. The predicted molar refractivity (Wildman–Crippen MR) is 82.0 cm³/mol. The Morgan fingerprint density at radius 1 is 1.17 bits per heavy atom. The van der Waals surface area contributed by atoms with Crippen molar-refractivity contribution in [1.82, 2.24) is 15.5 Å². The number of nitrogens with one attached hydrogen (secondary N) is 1. The van der Waals surface area contributed by atoms with Gasteiger partial charge in [-0.2, -0.15) is 0 Å². The molecule has 0 aliphatic carbocycles. The largest absolute Gasteiger partial charge is 0.356 e. The topological polar surface area (TPSA) is 68.0 Å². The van der Waals surface area contributed by atoms with E-state index in [1.807, 2.05) is 6.92 Å². The van der Waals surface area contributed by atoms with Crippen LogP contribution < -0.4 is 5.32 Å². The Morgan fingerprint density at radius 2 is 1.96 bits per heavy atom. The minimum Gasteiger partial charge on any atom is -0.356 e. The molecule has 0 spiro atoms. The zero-order valence-electron chi connectivity index (χ0n) is 12.4. The van der Waals surface area contributed by atoms with Gasteiger partial charge in [-0.15, -0.1) is 0 Å². The first kappa shape index (κ1) is 14.9. The molecule has 0 fully saturated rings. The van der Waals surface area contributed by atoms with Gasteiger partial charge >= 0.3 is 0 Å². The van der Waals surface area contributed by atoms with Gasteiger partial charge in [0.25, 0.3) is 5.91 Å². The number of carbonyl (C=O) groups excluding carboxylic acids is 1. The van der Waals surface area contributed by atoms with E-state index in [9.17, 15) is 9.18 Å². The SMILES string of the molecule is Cc1ccc(C(=O)NCc2cnoc2-c2ccc(F)cc2)cn1. The summed E-state index contributed by atoms with van der Waals surface area (Å²) in [5.41, 5.74) is 2.74. The maximum absolute atomic E-state index is 13.0. The number of amides is 1. The molecule has 0 aliphatic rings. The van der Waals surface area contributed by atoms with Crippen LogP contribution in [-0.4, -0.2) is 16.0 Å². The first-order valence-electron chi connectivity index (χ1n) is 7.04. The molecule has 5 nitrogen and oxygen atoms in total. The average molecular weight is 311 g/mol. The molecule has 0 atom stereocenters. The Hall–Kier alpha value is -3.02. The number of halogens is 1. The van der Waals surface area contributed by atoms with E-state index in [2.05, 4.69) is 15.5 Å². The highest BCUT2D eigenvalue weighted by atomic mass is 19.1. The predicted octanol–water partition coefficient (Wildman–Crippen LogP) is 3.11. The van der Waals surface area contributed by atoms with Crippen molar-refractivity contribution in [3.8, 4) is 11.3 Å². The third kappa shape index (κ3) is 3.42. The summed E-state index contributed by atoms with van der Waals surface area (Å²) in [6.07, 6.45) is 3.06.